The number of ether oxygens (including phenoxy) is 2. The van der Waals surface area contributed by atoms with Crippen molar-refractivity contribution < 1.29 is 14.3 Å². The summed E-state index contributed by atoms with van der Waals surface area (Å²) in [6, 6.07) is 7.30. The van der Waals surface area contributed by atoms with Crippen LogP contribution in [-0.2, 0) is 14.3 Å². The number of aromatic nitrogens is 2. The number of rotatable bonds is 3. The van der Waals surface area contributed by atoms with E-state index in [4.69, 9.17) is 14.5 Å². The zero-order valence-corrected chi connectivity index (χ0v) is 17.7. The Morgan fingerprint density at radius 2 is 1.94 bits per heavy atom. The Bertz CT molecular complexity index is 1100. The smallest absolute Gasteiger partial charge is 0.267 e. The van der Waals surface area contributed by atoms with E-state index >= 15 is 0 Å². The molecule has 9 heteroatoms. The van der Waals surface area contributed by atoms with Gasteiger partial charge in [-0.25, -0.2) is 4.98 Å². The molecule has 0 unspecified atom stereocenters. The number of fused-ring (bicyclic) bond motifs is 1. The zero-order valence-electron chi connectivity index (χ0n) is 17.7. The first-order valence-electron chi connectivity index (χ1n) is 10.4. The fraction of sp³-hybridized carbons (Fsp3) is 0.455. The van der Waals surface area contributed by atoms with Gasteiger partial charge in [-0.05, 0) is 32.1 Å². The SMILES string of the molecule is C[C@@H]1CN(c2nc3ccccn3c(=O)c2/C=C(\C#N)C(=O)N2CCOCC2)C[C@H](C)O1. The van der Waals surface area contributed by atoms with Gasteiger partial charge in [-0.15, -0.1) is 0 Å². The van der Waals surface area contributed by atoms with E-state index in [1.165, 1.54) is 10.5 Å². The molecule has 0 spiro atoms. The topological polar surface area (TPSA) is 100 Å². The maximum atomic E-state index is 13.4. The number of hydrogen-bond donors (Lipinski definition) is 0. The molecule has 4 rings (SSSR count). The van der Waals surface area contributed by atoms with Crippen LogP contribution < -0.4 is 10.5 Å². The van der Waals surface area contributed by atoms with Crippen LogP contribution in [0, 0.1) is 11.3 Å². The molecule has 2 aliphatic rings. The van der Waals surface area contributed by atoms with Gasteiger partial charge < -0.3 is 19.3 Å². The molecule has 1 amide bonds. The minimum absolute atomic E-state index is 0.0398. The van der Waals surface area contributed by atoms with Crippen molar-refractivity contribution in [1.82, 2.24) is 14.3 Å². The van der Waals surface area contributed by atoms with Crippen molar-refractivity contribution in [2.75, 3.05) is 44.3 Å². The summed E-state index contributed by atoms with van der Waals surface area (Å²) in [5.41, 5.74) is 0.315. The number of nitriles is 1. The number of hydrogen-bond acceptors (Lipinski definition) is 7. The van der Waals surface area contributed by atoms with Crippen molar-refractivity contribution in [2.45, 2.75) is 26.1 Å². The molecule has 0 aliphatic carbocycles. The van der Waals surface area contributed by atoms with Crippen molar-refractivity contribution in [1.29, 1.82) is 5.26 Å². The largest absolute Gasteiger partial charge is 0.378 e. The predicted octanol–water partition coefficient (Wildman–Crippen LogP) is 1.07. The number of amides is 1. The number of nitrogens with zero attached hydrogens (tertiary/aromatic N) is 5. The molecule has 0 aromatic carbocycles. The van der Waals surface area contributed by atoms with Gasteiger partial charge in [0.2, 0.25) is 0 Å². The van der Waals surface area contributed by atoms with E-state index in [0.717, 1.165) is 0 Å². The van der Waals surface area contributed by atoms with Crippen molar-refractivity contribution in [3.63, 3.8) is 0 Å². The molecule has 2 saturated heterocycles. The molecule has 162 valence electrons. The summed E-state index contributed by atoms with van der Waals surface area (Å²) in [6.07, 6.45) is 2.93. The second-order valence-corrected chi connectivity index (χ2v) is 7.82. The van der Waals surface area contributed by atoms with Gasteiger partial charge in [-0.1, -0.05) is 6.07 Å². The van der Waals surface area contributed by atoms with Gasteiger partial charge in [-0.2, -0.15) is 5.26 Å². The third-order valence-corrected chi connectivity index (χ3v) is 5.41. The van der Waals surface area contributed by atoms with Gasteiger partial charge in [0.1, 0.15) is 23.1 Å². The normalized spacial score (nSPS) is 22.4. The highest BCUT2D eigenvalue weighted by atomic mass is 16.5. The zero-order chi connectivity index (χ0) is 22.0. The summed E-state index contributed by atoms with van der Waals surface area (Å²) < 4.78 is 12.5. The highest BCUT2D eigenvalue weighted by Crippen LogP contribution is 2.23. The maximum absolute atomic E-state index is 13.4. The van der Waals surface area contributed by atoms with E-state index in [1.54, 1.807) is 23.2 Å². The molecule has 2 atom stereocenters. The van der Waals surface area contributed by atoms with E-state index in [0.29, 0.717) is 50.9 Å². The molecular weight excluding hydrogens is 398 g/mol. The molecule has 2 aliphatic heterocycles. The van der Waals surface area contributed by atoms with Crippen LogP contribution in [0.25, 0.3) is 11.7 Å². The minimum atomic E-state index is -0.405. The molecule has 2 aromatic heterocycles. The fourth-order valence-corrected chi connectivity index (χ4v) is 4.03. The van der Waals surface area contributed by atoms with Crippen LogP contribution in [0.15, 0.2) is 34.8 Å². The van der Waals surface area contributed by atoms with Crippen molar-refractivity contribution in [3.8, 4) is 6.07 Å². The average Bonchev–Trinajstić information content (AvgIpc) is 2.78. The van der Waals surface area contributed by atoms with Crippen LogP contribution in [0.5, 0.6) is 0 Å². The van der Waals surface area contributed by atoms with Crippen molar-refractivity contribution >= 4 is 23.4 Å². The molecule has 0 saturated carbocycles. The van der Waals surface area contributed by atoms with Crippen molar-refractivity contribution in [3.05, 3.63) is 45.9 Å². The van der Waals surface area contributed by atoms with Gasteiger partial charge >= 0.3 is 0 Å². The third-order valence-electron chi connectivity index (χ3n) is 5.41. The molecule has 0 N–H and O–H groups in total. The van der Waals surface area contributed by atoms with E-state index < -0.39 is 5.91 Å². The number of carbonyl (C=O) groups is 1. The lowest BCUT2D eigenvalue weighted by molar-refractivity contribution is -0.130. The number of carbonyl (C=O) groups excluding carboxylic acids is 1. The molecular formula is C22H25N5O4. The molecule has 2 fully saturated rings. The van der Waals surface area contributed by atoms with Crippen LogP contribution in [-0.4, -0.2) is 71.8 Å². The van der Waals surface area contributed by atoms with Gasteiger partial charge in [0, 0.05) is 32.4 Å². The molecule has 4 heterocycles. The molecule has 31 heavy (non-hydrogen) atoms. The number of pyridine rings is 1. The first kappa shape index (κ1) is 21.0. The summed E-state index contributed by atoms with van der Waals surface area (Å²) in [4.78, 5) is 34.6. The van der Waals surface area contributed by atoms with Gasteiger partial charge in [-0.3, -0.25) is 14.0 Å². The Morgan fingerprint density at radius 1 is 1.23 bits per heavy atom. The maximum Gasteiger partial charge on any atom is 0.267 e. The molecule has 9 nitrogen and oxygen atoms in total. The Kier molecular flexibility index (Phi) is 6.02. The molecule has 2 aromatic rings. The summed E-state index contributed by atoms with van der Waals surface area (Å²) in [6.45, 7) is 6.73. The average molecular weight is 423 g/mol. The predicted molar refractivity (Wildman–Crippen MR) is 115 cm³/mol. The monoisotopic (exact) mass is 423 g/mol. The summed E-state index contributed by atoms with van der Waals surface area (Å²) >= 11 is 0. The second kappa shape index (κ2) is 8.88. The Balaban J connectivity index is 1.84. The van der Waals surface area contributed by atoms with Gasteiger partial charge in [0.05, 0.1) is 31.0 Å². The second-order valence-electron chi connectivity index (χ2n) is 7.82. The summed E-state index contributed by atoms with van der Waals surface area (Å²) in [5, 5.41) is 9.72. The number of morpholine rings is 2. The Hall–Kier alpha value is -3.22. The van der Waals surface area contributed by atoms with Crippen LogP contribution in [0.1, 0.15) is 19.4 Å². The summed E-state index contributed by atoms with van der Waals surface area (Å²) in [7, 11) is 0. The number of anilines is 1. The highest BCUT2D eigenvalue weighted by Gasteiger charge is 2.28. The first-order valence-corrected chi connectivity index (χ1v) is 10.4. The van der Waals surface area contributed by atoms with Crippen LogP contribution >= 0.6 is 0 Å². The Labute approximate surface area is 180 Å². The lowest BCUT2D eigenvalue weighted by Gasteiger charge is -2.36. The minimum Gasteiger partial charge on any atom is -0.378 e. The van der Waals surface area contributed by atoms with Gasteiger partial charge in [0.15, 0.2) is 0 Å². The fourth-order valence-electron chi connectivity index (χ4n) is 4.03. The van der Waals surface area contributed by atoms with E-state index in [9.17, 15) is 14.9 Å². The Morgan fingerprint density at radius 3 is 2.61 bits per heavy atom. The lowest BCUT2D eigenvalue weighted by atomic mass is 10.1. The standard InChI is InChI=1S/C22H25N5O4/c1-15-13-26(14-16(2)31-15)20-18(22(29)27-6-4-3-5-19(27)24-20)11-17(12-23)21(28)25-7-9-30-10-8-25/h3-6,11,15-16H,7-10,13-14H2,1-2H3/b17-11+/t15-,16+. The van der Waals surface area contributed by atoms with Crippen LogP contribution in [0.4, 0.5) is 5.82 Å². The van der Waals surface area contributed by atoms with E-state index in [-0.39, 0.29) is 28.9 Å². The highest BCUT2D eigenvalue weighted by molar-refractivity contribution is 6.02. The van der Waals surface area contributed by atoms with E-state index in [2.05, 4.69) is 0 Å². The molecule has 0 bridgehead atoms. The lowest BCUT2D eigenvalue weighted by Crippen LogP contribution is -2.46. The summed E-state index contributed by atoms with van der Waals surface area (Å²) in [5.74, 6) is 0.0544. The van der Waals surface area contributed by atoms with Crippen LogP contribution in [0.3, 0.4) is 0 Å². The first-order chi connectivity index (χ1) is 15.0. The third kappa shape index (κ3) is 4.31. The van der Waals surface area contributed by atoms with Crippen molar-refractivity contribution in [2.24, 2.45) is 0 Å². The molecule has 0 radical (unpaired) electrons. The van der Waals surface area contributed by atoms with Gasteiger partial charge in [0.25, 0.3) is 11.5 Å². The van der Waals surface area contributed by atoms with E-state index in [1.807, 2.05) is 30.9 Å². The quantitative estimate of drug-likeness (QED) is 0.538. The van der Waals surface area contributed by atoms with Crippen LogP contribution in [0.2, 0.25) is 0 Å².